The number of carbonyl (C=O) groups is 1. The largest absolute Gasteiger partial charge is 0.339 e. The van der Waals surface area contributed by atoms with Crippen LogP contribution >= 0.6 is 0 Å². The van der Waals surface area contributed by atoms with Crippen LogP contribution in [0.2, 0.25) is 0 Å². The van der Waals surface area contributed by atoms with E-state index in [9.17, 15) is 4.79 Å². The van der Waals surface area contributed by atoms with Gasteiger partial charge in [-0.1, -0.05) is 26.2 Å². The van der Waals surface area contributed by atoms with E-state index < -0.39 is 5.54 Å². The lowest BCUT2D eigenvalue weighted by molar-refractivity contribution is -0.142. The molecule has 0 atom stereocenters. The van der Waals surface area contributed by atoms with Gasteiger partial charge in [0, 0.05) is 12.6 Å². The molecule has 1 aliphatic rings. The van der Waals surface area contributed by atoms with Crippen molar-refractivity contribution >= 4 is 5.91 Å². The number of amides is 1. The summed E-state index contributed by atoms with van der Waals surface area (Å²) in [5.41, 5.74) is 5.57. The third-order valence-corrected chi connectivity index (χ3v) is 4.25. The van der Waals surface area contributed by atoms with Crippen LogP contribution in [0.5, 0.6) is 0 Å². The Morgan fingerprint density at radius 1 is 1.31 bits per heavy atom. The summed E-state index contributed by atoms with van der Waals surface area (Å²) >= 11 is 0. The number of rotatable bonds is 3. The molecule has 1 fully saturated rings. The second kappa shape index (κ2) is 4.74. The monoisotopic (exact) mass is 226 g/mol. The summed E-state index contributed by atoms with van der Waals surface area (Å²) in [5, 5.41) is 0. The first-order valence-corrected chi connectivity index (χ1v) is 6.40. The maximum absolute atomic E-state index is 12.4. The minimum atomic E-state index is -0.598. The van der Waals surface area contributed by atoms with E-state index in [1.807, 2.05) is 11.9 Å². The zero-order valence-electron chi connectivity index (χ0n) is 11.2. The normalized spacial score (nSPS) is 20.6. The van der Waals surface area contributed by atoms with Crippen LogP contribution in [-0.4, -0.2) is 28.9 Å². The predicted octanol–water partition coefficient (Wildman–Crippen LogP) is 2.29. The standard InChI is InChI=1S/C13H26N2O/c1-5-12(2,3)15(4)11(16)13(14)9-7-6-8-10-13/h5-10,14H2,1-4H3. The first kappa shape index (κ1) is 13.5. The van der Waals surface area contributed by atoms with E-state index in [0.717, 1.165) is 32.1 Å². The molecule has 0 aromatic carbocycles. The molecule has 3 nitrogen and oxygen atoms in total. The van der Waals surface area contributed by atoms with E-state index in [2.05, 4.69) is 20.8 Å². The number of likely N-dealkylation sites (N-methyl/N-ethyl adjacent to an activating group) is 1. The third kappa shape index (κ3) is 2.57. The minimum Gasteiger partial charge on any atom is -0.339 e. The first-order chi connectivity index (χ1) is 7.33. The molecule has 0 spiro atoms. The smallest absolute Gasteiger partial charge is 0.242 e. The average molecular weight is 226 g/mol. The van der Waals surface area contributed by atoms with E-state index in [1.54, 1.807) is 0 Å². The van der Waals surface area contributed by atoms with E-state index in [-0.39, 0.29) is 11.4 Å². The van der Waals surface area contributed by atoms with E-state index >= 15 is 0 Å². The lowest BCUT2D eigenvalue weighted by atomic mass is 9.80. The summed E-state index contributed by atoms with van der Waals surface area (Å²) in [6, 6.07) is 0. The molecule has 2 N–H and O–H groups in total. The molecule has 0 aliphatic heterocycles. The maximum Gasteiger partial charge on any atom is 0.242 e. The molecule has 0 heterocycles. The molecule has 1 amide bonds. The summed E-state index contributed by atoms with van der Waals surface area (Å²) in [4.78, 5) is 14.3. The average Bonchev–Trinajstić information content (AvgIpc) is 2.28. The Kier molecular flexibility index (Phi) is 4.00. The molecule has 1 rings (SSSR count). The fourth-order valence-electron chi connectivity index (χ4n) is 2.24. The number of hydrogen-bond acceptors (Lipinski definition) is 2. The predicted molar refractivity (Wildman–Crippen MR) is 67.1 cm³/mol. The van der Waals surface area contributed by atoms with Gasteiger partial charge < -0.3 is 10.6 Å². The molecule has 0 aromatic rings. The Balaban J connectivity index is 2.76. The van der Waals surface area contributed by atoms with Crippen LogP contribution in [0.1, 0.15) is 59.3 Å². The van der Waals surface area contributed by atoms with Crippen LogP contribution < -0.4 is 5.73 Å². The quantitative estimate of drug-likeness (QED) is 0.802. The minimum absolute atomic E-state index is 0.0963. The molecular formula is C13H26N2O. The number of hydrogen-bond donors (Lipinski definition) is 1. The van der Waals surface area contributed by atoms with Crippen molar-refractivity contribution in [1.29, 1.82) is 0 Å². The van der Waals surface area contributed by atoms with Crippen LogP contribution in [0, 0.1) is 0 Å². The van der Waals surface area contributed by atoms with Crippen LogP contribution in [-0.2, 0) is 4.79 Å². The van der Waals surface area contributed by atoms with Crippen molar-refractivity contribution in [1.82, 2.24) is 4.90 Å². The molecule has 0 saturated heterocycles. The SMILES string of the molecule is CCC(C)(C)N(C)C(=O)C1(N)CCCCC1. The lowest BCUT2D eigenvalue weighted by Crippen LogP contribution is -2.59. The van der Waals surface area contributed by atoms with Crippen LogP contribution in [0.15, 0.2) is 0 Å². The first-order valence-electron chi connectivity index (χ1n) is 6.40. The fourth-order valence-corrected chi connectivity index (χ4v) is 2.24. The van der Waals surface area contributed by atoms with Crippen molar-refractivity contribution in [3.8, 4) is 0 Å². The van der Waals surface area contributed by atoms with Crippen molar-refractivity contribution in [2.24, 2.45) is 5.73 Å². The van der Waals surface area contributed by atoms with Gasteiger partial charge in [0.15, 0.2) is 0 Å². The van der Waals surface area contributed by atoms with E-state index in [0.29, 0.717) is 0 Å². The Hall–Kier alpha value is -0.570. The Morgan fingerprint density at radius 2 is 1.81 bits per heavy atom. The summed E-state index contributed by atoms with van der Waals surface area (Å²) in [6.45, 7) is 6.29. The van der Waals surface area contributed by atoms with Crippen molar-refractivity contribution in [3.05, 3.63) is 0 Å². The second-order valence-corrected chi connectivity index (χ2v) is 5.75. The summed E-state index contributed by atoms with van der Waals surface area (Å²) in [7, 11) is 1.88. The maximum atomic E-state index is 12.4. The number of nitrogens with zero attached hydrogens (tertiary/aromatic N) is 1. The zero-order chi connectivity index (χ0) is 12.4. The zero-order valence-corrected chi connectivity index (χ0v) is 11.2. The highest BCUT2D eigenvalue weighted by atomic mass is 16.2. The highest BCUT2D eigenvalue weighted by Gasteiger charge is 2.40. The number of carbonyl (C=O) groups excluding carboxylic acids is 1. The summed E-state index contributed by atoms with van der Waals surface area (Å²) in [5.74, 6) is 0.124. The van der Waals surface area contributed by atoms with Gasteiger partial charge in [0.05, 0.1) is 5.54 Å². The van der Waals surface area contributed by atoms with Gasteiger partial charge in [-0.2, -0.15) is 0 Å². The molecule has 1 saturated carbocycles. The van der Waals surface area contributed by atoms with Gasteiger partial charge in [0.25, 0.3) is 0 Å². The molecular weight excluding hydrogens is 200 g/mol. The van der Waals surface area contributed by atoms with Gasteiger partial charge in [0.2, 0.25) is 5.91 Å². The van der Waals surface area contributed by atoms with Gasteiger partial charge in [-0.25, -0.2) is 0 Å². The van der Waals surface area contributed by atoms with Crippen LogP contribution in [0.25, 0.3) is 0 Å². The molecule has 1 aliphatic carbocycles. The van der Waals surface area contributed by atoms with E-state index in [4.69, 9.17) is 5.73 Å². The van der Waals surface area contributed by atoms with Crippen LogP contribution in [0.3, 0.4) is 0 Å². The van der Waals surface area contributed by atoms with Gasteiger partial charge in [0.1, 0.15) is 0 Å². The lowest BCUT2D eigenvalue weighted by Gasteiger charge is -2.42. The molecule has 0 bridgehead atoms. The Labute approximate surface area is 99.4 Å². The molecule has 16 heavy (non-hydrogen) atoms. The van der Waals surface area contributed by atoms with Gasteiger partial charge in [-0.3, -0.25) is 4.79 Å². The van der Waals surface area contributed by atoms with E-state index in [1.165, 1.54) is 6.42 Å². The molecule has 0 aromatic heterocycles. The van der Waals surface area contributed by atoms with Crippen molar-refractivity contribution in [3.63, 3.8) is 0 Å². The highest BCUT2D eigenvalue weighted by Crippen LogP contribution is 2.30. The van der Waals surface area contributed by atoms with Crippen molar-refractivity contribution in [2.45, 2.75) is 70.4 Å². The molecule has 0 radical (unpaired) electrons. The Morgan fingerprint density at radius 3 is 2.25 bits per heavy atom. The number of nitrogens with two attached hydrogens (primary N) is 1. The topological polar surface area (TPSA) is 46.3 Å². The van der Waals surface area contributed by atoms with Gasteiger partial charge in [-0.15, -0.1) is 0 Å². The van der Waals surface area contributed by atoms with Crippen LogP contribution in [0.4, 0.5) is 0 Å². The highest BCUT2D eigenvalue weighted by molar-refractivity contribution is 5.86. The summed E-state index contributed by atoms with van der Waals surface area (Å²) < 4.78 is 0. The fraction of sp³-hybridized carbons (Fsp3) is 0.923. The molecule has 0 unspecified atom stereocenters. The van der Waals surface area contributed by atoms with Gasteiger partial charge in [-0.05, 0) is 33.1 Å². The molecule has 3 heteroatoms. The van der Waals surface area contributed by atoms with Crippen molar-refractivity contribution < 1.29 is 4.79 Å². The second-order valence-electron chi connectivity index (χ2n) is 5.75. The van der Waals surface area contributed by atoms with Gasteiger partial charge >= 0.3 is 0 Å². The van der Waals surface area contributed by atoms with Crippen molar-refractivity contribution in [2.75, 3.05) is 7.05 Å². The third-order valence-electron chi connectivity index (χ3n) is 4.25. The Bertz CT molecular complexity index is 255. The molecule has 94 valence electrons. The summed E-state index contributed by atoms with van der Waals surface area (Å²) in [6.07, 6.45) is 6.02.